The van der Waals surface area contributed by atoms with E-state index >= 15 is 0 Å². The minimum absolute atomic E-state index is 0.00634. The molecule has 186 valence electrons. The number of hydrogen-bond acceptors (Lipinski definition) is 5. The SMILES string of the molecule is Cc1ccc(-c2ccc(N3CCCN(C(=O)CN(C(=O)c4ccccc4F)C4CC4)CC3)nn2)cc1. The van der Waals surface area contributed by atoms with E-state index in [9.17, 15) is 14.0 Å². The Labute approximate surface area is 210 Å². The molecule has 1 saturated carbocycles. The molecule has 36 heavy (non-hydrogen) atoms. The molecule has 0 atom stereocenters. The van der Waals surface area contributed by atoms with E-state index in [0.29, 0.717) is 19.6 Å². The summed E-state index contributed by atoms with van der Waals surface area (Å²) in [6, 6.07) is 18.1. The van der Waals surface area contributed by atoms with Gasteiger partial charge in [0.1, 0.15) is 12.4 Å². The number of hydrogen-bond donors (Lipinski definition) is 0. The van der Waals surface area contributed by atoms with Crippen molar-refractivity contribution in [2.24, 2.45) is 0 Å². The van der Waals surface area contributed by atoms with Gasteiger partial charge < -0.3 is 14.7 Å². The lowest BCUT2D eigenvalue weighted by molar-refractivity contribution is -0.131. The van der Waals surface area contributed by atoms with E-state index in [0.717, 1.165) is 42.9 Å². The zero-order valence-electron chi connectivity index (χ0n) is 20.4. The van der Waals surface area contributed by atoms with Crippen molar-refractivity contribution in [2.45, 2.75) is 32.2 Å². The number of amides is 2. The molecule has 1 aliphatic carbocycles. The smallest absolute Gasteiger partial charge is 0.257 e. The van der Waals surface area contributed by atoms with Crippen molar-refractivity contribution in [3.63, 3.8) is 0 Å². The first-order chi connectivity index (χ1) is 17.5. The number of rotatable bonds is 6. The summed E-state index contributed by atoms with van der Waals surface area (Å²) in [6.45, 7) is 4.57. The molecule has 7 nitrogen and oxygen atoms in total. The molecule has 0 bridgehead atoms. The highest BCUT2D eigenvalue weighted by atomic mass is 19.1. The number of anilines is 1. The van der Waals surface area contributed by atoms with E-state index in [-0.39, 0.29) is 24.1 Å². The van der Waals surface area contributed by atoms with Gasteiger partial charge in [-0.1, -0.05) is 42.0 Å². The topological polar surface area (TPSA) is 69.6 Å². The molecule has 2 aliphatic rings. The third kappa shape index (κ3) is 5.37. The Kier molecular flexibility index (Phi) is 6.93. The number of carbonyl (C=O) groups excluding carboxylic acids is 2. The highest BCUT2D eigenvalue weighted by molar-refractivity contribution is 5.97. The maximum absolute atomic E-state index is 14.2. The monoisotopic (exact) mass is 487 g/mol. The molecule has 0 unspecified atom stereocenters. The van der Waals surface area contributed by atoms with Crippen molar-refractivity contribution >= 4 is 17.6 Å². The van der Waals surface area contributed by atoms with Gasteiger partial charge in [-0.3, -0.25) is 9.59 Å². The summed E-state index contributed by atoms with van der Waals surface area (Å²) in [4.78, 5) is 31.7. The third-order valence-electron chi connectivity index (χ3n) is 6.83. The van der Waals surface area contributed by atoms with Crippen molar-refractivity contribution in [1.82, 2.24) is 20.0 Å². The first-order valence-corrected chi connectivity index (χ1v) is 12.5. The molecule has 1 saturated heterocycles. The molecule has 2 aromatic carbocycles. The van der Waals surface area contributed by atoms with Crippen molar-refractivity contribution in [2.75, 3.05) is 37.6 Å². The molecule has 2 heterocycles. The molecule has 3 aromatic rings. The molecule has 1 aromatic heterocycles. The predicted molar refractivity (Wildman–Crippen MR) is 136 cm³/mol. The molecule has 2 amide bonds. The van der Waals surface area contributed by atoms with Crippen molar-refractivity contribution in [3.05, 3.63) is 77.6 Å². The Balaban J connectivity index is 1.21. The first kappa shape index (κ1) is 23.9. The van der Waals surface area contributed by atoms with Crippen LogP contribution in [0.25, 0.3) is 11.3 Å². The summed E-state index contributed by atoms with van der Waals surface area (Å²) in [6.07, 6.45) is 2.48. The van der Waals surface area contributed by atoms with Gasteiger partial charge in [-0.05, 0) is 50.5 Å². The standard InChI is InChI=1S/C28H30FN5O2/c1-20-7-9-21(10-8-20)25-13-14-26(31-30-25)32-15-4-16-33(18-17-32)27(35)19-34(22-11-12-22)28(36)23-5-2-3-6-24(23)29/h2-3,5-10,13-14,22H,4,11-12,15-19H2,1H3. The number of aryl methyl sites for hydroxylation is 1. The van der Waals surface area contributed by atoms with Crippen molar-refractivity contribution in [1.29, 1.82) is 0 Å². The predicted octanol–water partition coefficient (Wildman–Crippen LogP) is 3.93. The molecule has 0 spiro atoms. The van der Waals surface area contributed by atoms with Crippen molar-refractivity contribution in [3.8, 4) is 11.3 Å². The van der Waals surface area contributed by atoms with E-state index < -0.39 is 11.7 Å². The van der Waals surface area contributed by atoms with Crippen LogP contribution in [0.15, 0.2) is 60.7 Å². The Bertz CT molecular complexity index is 1230. The van der Waals surface area contributed by atoms with Crippen LogP contribution in [-0.4, -0.2) is 70.6 Å². The summed E-state index contributed by atoms with van der Waals surface area (Å²) in [5, 5.41) is 8.85. The van der Waals surface area contributed by atoms with Crippen LogP contribution in [0.1, 0.15) is 35.2 Å². The average molecular weight is 488 g/mol. The first-order valence-electron chi connectivity index (χ1n) is 12.5. The molecule has 1 aliphatic heterocycles. The maximum Gasteiger partial charge on any atom is 0.257 e. The quantitative estimate of drug-likeness (QED) is 0.527. The molecular weight excluding hydrogens is 457 g/mol. The zero-order chi connectivity index (χ0) is 25.1. The van der Waals surface area contributed by atoms with Gasteiger partial charge >= 0.3 is 0 Å². The number of carbonyl (C=O) groups is 2. The van der Waals surface area contributed by atoms with Gasteiger partial charge in [-0.2, -0.15) is 0 Å². The molecule has 5 rings (SSSR count). The van der Waals surface area contributed by atoms with E-state index in [4.69, 9.17) is 0 Å². The normalized spacial score (nSPS) is 15.9. The highest BCUT2D eigenvalue weighted by Gasteiger charge is 2.36. The summed E-state index contributed by atoms with van der Waals surface area (Å²) in [5.41, 5.74) is 3.07. The van der Waals surface area contributed by atoms with Gasteiger partial charge in [-0.25, -0.2) is 4.39 Å². The van der Waals surface area contributed by atoms with Crippen molar-refractivity contribution < 1.29 is 14.0 Å². The largest absolute Gasteiger partial charge is 0.353 e. The fourth-order valence-electron chi connectivity index (χ4n) is 4.56. The average Bonchev–Trinajstić information content (AvgIpc) is 3.75. The molecule has 0 radical (unpaired) electrons. The van der Waals surface area contributed by atoms with Crippen LogP contribution in [0.3, 0.4) is 0 Å². The van der Waals surface area contributed by atoms with Crippen LogP contribution in [-0.2, 0) is 4.79 Å². The van der Waals surface area contributed by atoms with Crippen LogP contribution >= 0.6 is 0 Å². The van der Waals surface area contributed by atoms with Gasteiger partial charge in [0.15, 0.2) is 5.82 Å². The molecule has 8 heteroatoms. The summed E-state index contributed by atoms with van der Waals surface area (Å²) in [7, 11) is 0. The molecule has 2 fully saturated rings. The van der Waals surface area contributed by atoms with Gasteiger partial charge in [0.05, 0.1) is 11.3 Å². The molecule has 0 N–H and O–H groups in total. The molecular formula is C28H30FN5O2. The Hall–Kier alpha value is -3.81. The van der Waals surface area contributed by atoms with E-state index in [1.165, 1.54) is 17.7 Å². The number of benzene rings is 2. The summed E-state index contributed by atoms with van der Waals surface area (Å²) < 4.78 is 14.2. The second-order valence-electron chi connectivity index (χ2n) is 9.51. The number of aromatic nitrogens is 2. The number of nitrogens with zero attached hydrogens (tertiary/aromatic N) is 5. The lowest BCUT2D eigenvalue weighted by atomic mass is 10.1. The summed E-state index contributed by atoms with van der Waals surface area (Å²) in [5.74, 6) is -0.284. The van der Waals surface area contributed by atoms with Gasteiger partial charge in [0, 0.05) is 37.8 Å². The van der Waals surface area contributed by atoms with Gasteiger partial charge in [0.25, 0.3) is 5.91 Å². The van der Waals surface area contributed by atoms with Crippen LogP contribution in [0.2, 0.25) is 0 Å². The minimum Gasteiger partial charge on any atom is -0.353 e. The van der Waals surface area contributed by atoms with Gasteiger partial charge in [0.2, 0.25) is 5.91 Å². The second-order valence-corrected chi connectivity index (χ2v) is 9.51. The zero-order valence-corrected chi connectivity index (χ0v) is 20.4. The van der Waals surface area contributed by atoms with Gasteiger partial charge in [-0.15, -0.1) is 10.2 Å². The van der Waals surface area contributed by atoms with E-state index in [2.05, 4.69) is 34.2 Å². The fraction of sp³-hybridized carbons (Fsp3) is 0.357. The fourth-order valence-corrected chi connectivity index (χ4v) is 4.56. The van der Waals surface area contributed by atoms with Crippen LogP contribution in [0.5, 0.6) is 0 Å². The lowest BCUT2D eigenvalue weighted by Crippen LogP contribution is -2.45. The van der Waals surface area contributed by atoms with E-state index in [1.807, 2.05) is 24.3 Å². The second kappa shape index (κ2) is 10.4. The number of halogens is 1. The highest BCUT2D eigenvalue weighted by Crippen LogP contribution is 2.29. The van der Waals surface area contributed by atoms with Crippen LogP contribution in [0, 0.1) is 12.7 Å². The Morgan fingerprint density at radius 3 is 2.42 bits per heavy atom. The minimum atomic E-state index is -0.555. The van der Waals surface area contributed by atoms with Crippen LogP contribution < -0.4 is 4.90 Å². The third-order valence-corrected chi connectivity index (χ3v) is 6.83. The summed E-state index contributed by atoms with van der Waals surface area (Å²) >= 11 is 0. The van der Waals surface area contributed by atoms with E-state index in [1.54, 1.807) is 21.9 Å². The Morgan fingerprint density at radius 1 is 0.944 bits per heavy atom. The van der Waals surface area contributed by atoms with Crippen LogP contribution in [0.4, 0.5) is 10.2 Å². The lowest BCUT2D eigenvalue weighted by Gasteiger charge is -2.27. The maximum atomic E-state index is 14.2. The Morgan fingerprint density at radius 2 is 1.72 bits per heavy atom.